The van der Waals surface area contributed by atoms with E-state index in [1.54, 1.807) is 49.3 Å². The van der Waals surface area contributed by atoms with Gasteiger partial charge in [0.1, 0.15) is 11.9 Å². The summed E-state index contributed by atoms with van der Waals surface area (Å²) in [6.07, 6.45) is 9.11. The number of amides is 1. The Hall–Kier alpha value is -5.06. The van der Waals surface area contributed by atoms with Crippen molar-refractivity contribution in [2.75, 3.05) is 58.0 Å². The van der Waals surface area contributed by atoms with E-state index in [-0.39, 0.29) is 12.5 Å². The van der Waals surface area contributed by atoms with Gasteiger partial charge in [0.05, 0.1) is 28.7 Å². The predicted molar refractivity (Wildman–Crippen MR) is 174 cm³/mol. The number of rotatable bonds is 10. The molecule has 1 aliphatic rings. The zero-order valence-electron chi connectivity index (χ0n) is 25.4. The Kier molecular flexibility index (Phi) is 9.26. The van der Waals surface area contributed by atoms with Gasteiger partial charge in [-0.2, -0.15) is 10.4 Å². The molecule has 1 amide bonds. The molecular weight excluding hydrogens is 590 g/mol. The molecule has 1 aliphatic heterocycles. The molecule has 4 aromatic rings. The number of hydrogen-bond donors (Lipinski definition) is 2. The first-order valence-electron chi connectivity index (χ1n) is 14.4. The second kappa shape index (κ2) is 13.3. The lowest BCUT2D eigenvalue weighted by Gasteiger charge is -2.35. The number of likely N-dealkylation sites (N-methyl/N-ethyl adjacent to an activating group) is 1. The van der Waals surface area contributed by atoms with Gasteiger partial charge >= 0.3 is 0 Å². The number of sulfone groups is 1. The van der Waals surface area contributed by atoms with E-state index in [9.17, 15) is 18.5 Å². The van der Waals surface area contributed by atoms with E-state index in [1.807, 2.05) is 30.3 Å². The van der Waals surface area contributed by atoms with Gasteiger partial charge in [-0.25, -0.2) is 17.9 Å². The Morgan fingerprint density at radius 1 is 1.11 bits per heavy atom. The summed E-state index contributed by atoms with van der Waals surface area (Å²) in [6, 6.07) is 15.1. The molecule has 13 heteroatoms. The van der Waals surface area contributed by atoms with Crippen LogP contribution in [0.25, 0.3) is 22.2 Å². The molecule has 0 bridgehead atoms. The second-order valence-electron chi connectivity index (χ2n) is 11.1. The molecule has 0 aliphatic carbocycles. The number of aromatic nitrogens is 3. The zero-order chi connectivity index (χ0) is 32.1. The van der Waals surface area contributed by atoms with Crippen LogP contribution < -0.4 is 10.2 Å². The third-order valence-electron chi connectivity index (χ3n) is 7.74. The van der Waals surface area contributed by atoms with Gasteiger partial charge in [0.2, 0.25) is 5.91 Å². The number of benzene rings is 1. The number of nitriles is 1. The SMILES string of the molecule is CN(C)C(=O)CN/C=C(\C=N)c1cc(-c2ccc(N3CCN(Cc4ccc(S(C)(=O)=O)cc4)CC3)nc2)c2c(C#N)cnn2c1. The molecule has 12 nitrogen and oxygen atoms in total. The quantitative estimate of drug-likeness (QED) is 0.254. The maximum atomic E-state index is 12.0. The van der Waals surface area contributed by atoms with Crippen molar-refractivity contribution in [1.82, 2.24) is 29.7 Å². The van der Waals surface area contributed by atoms with Crippen LogP contribution in [0.3, 0.4) is 0 Å². The highest BCUT2D eigenvalue weighted by Gasteiger charge is 2.20. The number of fused-ring (bicyclic) bond motifs is 1. The van der Waals surface area contributed by atoms with Crippen LogP contribution in [0.15, 0.2) is 72.2 Å². The van der Waals surface area contributed by atoms with E-state index in [1.165, 1.54) is 23.6 Å². The number of nitrogens with zero attached hydrogens (tertiary/aromatic N) is 7. The van der Waals surface area contributed by atoms with Crippen molar-refractivity contribution in [2.24, 2.45) is 0 Å². The van der Waals surface area contributed by atoms with Crippen molar-refractivity contribution < 1.29 is 13.2 Å². The fourth-order valence-electron chi connectivity index (χ4n) is 5.16. The summed E-state index contributed by atoms with van der Waals surface area (Å²) in [4.78, 5) is 23.1. The van der Waals surface area contributed by atoms with Crippen molar-refractivity contribution in [3.8, 4) is 17.2 Å². The van der Waals surface area contributed by atoms with E-state index >= 15 is 0 Å². The van der Waals surface area contributed by atoms with Gasteiger partial charge in [-0.3, -0.25) is 9.69 Å². The molecule has 2 N–H and O–H groups in total. The van der Waals surface area contributed by atoms with Gasteiger partial charge in [0.15, 0.2) is 9.84 Å². The summed E-state index contributed by atoms with van der Waals surface area (Å²) >= 11 is 0. The van der Waals surface area contributed by atoms with Gasteiger partial charge in [0, 0.05) is 100 Å². The second-order valence-corrected chi connectivity index (χ2v) is 13.1. The summed E-state index contributed by atoms with van der Waals surface area (Å²) in [5.74, 6) is 0.762. The minimum atomic E-state index is -3.21. The Morgan fingerprint density at radius 2 is 1.84 bits per heavy atom. The monoisotopic (exact) mass is 625 g/mol. The molecule has 1 fully saturated rings. The minimum Gasteiger partial charge on any atom is -0.382 e. The van der Waals surface area contributed by atoms with E-state index in [0.29, 0.717) is 27.1 Å². The highest BCUT2D eigenvalue weighted by molar-refractivity contribution is 7.90. The van der Waals surface area contributed by atoms with Gasteiger partial charge in [0.25, 0.3) is 0 Å². The molecule has 0 radical (unpaired) electrons. The van der Waals surface area contributed by atoms with Crippen molar-refractivity contribution in [3.63, 3.8) is 0 Å². The topological polar surface area (TPSA) is 151 Å². The van der Waals surface area contributed by atoms with Crippen LogP contribution in [0.4, 0.5) is 5.82 Å². The van der Waals surface area contributed by atoms with Crippen LogP contribution in [0, 0.1) is 16.7 Å². The van der Waals surface area contributed by atoms with Crippen molar-refractivity contribution in [1.29, 1.82) is 10.7 Å². The molecule has 1 aromatic carbocycles. The number of carbonyl (C=O) groups excluding carboxylic acids is 1. The maximum absolute atomic E-state index is 12.0. The number of piperazine rings is 1. The number of anilines is 1. The standard InChI is InChI=1S/C32H35N9O3S/c1-38(2)31(42)20-35-17-26(15-33)25-14-29(32-27(16-34)19-37-41(32)22-25)24-6-9-30(36-18-24)40-12-10-39(11-13-40)21-23-4-7-28(8-5-23)45(3,43)44/h4-9,14-15,17-19,22,33,35H,10-13,20-21H2,1-3H3/b26-17+,33-15?. The largest absolute Gasteiger partial charge is 0.382 e. The van der Waals surface area contributed by atoms with Crippen LogP contribution in [0.2, 0.25) is 0 Å². The lowest BCUT2D eigenvalue weighted by molar-refractivity contribution is -0.127. The maximum Gasteiger partial charge on any atom is 0.241 e. The first-order chi connectivity index (χ1) is 21.6. The fraction of sp³-hybridized carbons (Fsp3) is 0.281. The third kappa shape index (κ3) is 7.19. The minimum absolute atomic E-state index is 0.0914. The van der Waals surface area contributed by atoms with E-state index in [0.717, 1.165) is 55.2 Å². The summed E-state index contributed by atoms with van der Waals surface area (Å²) in [5, 5.41) is 25.1. The molecule has 0 spiro atoms. The van der Waals surface area contributed by atoms with Crippen molar-refractivity contribution in [2.45, 2.75) is 11.4 Å². The molecule has 0 unspecified atom stereocenters. The predicted octanol–water partition coefficient (Wildman–Crippen LogP) is 2.66. The first kappa shape index (κ1) is 31.4. The van der Waals surface area contributed by atoms with Gasteiger partial charge < -0.3 is 20.5 Å². The van der Waals surface area contributed by atoms with Crippen LogP contribution in [-0.2, 0) is 21.2 Å². The van der Waals surface area contributed by atoms with E-state index in [4.69, 9.17) is 10.4 Å². The summed E-state index contributed by atoms with van der Waals surface area (Å²) in [5.41, 5.74) is 4.95. The molecule has 0 saturated carbocycles. The zero-order valence-corrected chi connectivity index (χ0v) is 26.3. The molecule has 45 heavy (non-hydrogen) atoms. The number of hydrogen-bond acceptors (Lipinski definition) is 10. The van der Waals surface area contributed by atoms with Crippen LogP contribution >= 0.6 is 0 Å². The summed E-state index contributed by atoms with van der Waals surface area (Å²) < 4.78 is 25.1. The summed E-state index contributed by atoms with van der Waals surface area (Å²) in [7, 11) is 0.154. The normalized spacial score (nSPS) is 14.3. The molecule has 5 rings (SSSR count). The van der Waals surface area contributed by atoms with Crippen LogP contribution in [-0.4, -0.2) is 98.0 Å². The smallest absolute Gasteiger partial charge is 0.241 e. The molecule has 4 heterocycles. The van der Waals surface area contributed by atoms with Crippen molar-refractivity contribution >= 4 is 38.9 Å². The van der Waals surface area contributed by atoms with E-state index < -0.39 is 9.84 Å². The number of pyridine rings is 2. The van der Waals surface area contributed by atoms with Gasteiger partial charge in [-0.15, -0.1) is 0 Å². The van der Waals surface area contributed by atoms with Crippen LogP contribution in [0.1, 0.15) is 16.7 Å². The Balaban J connectivity index is 1.32. The first-order valence-corrected chi connectivity index (χ1v) is 16.3. The summed E-state index contributed by atoms with van der Waals surface area (Å²) in [6.45, 7) is 4.12. The molecular formula is C32H35N9O3S. The van der Waals surface area contributed by atoms with E-state index in [2.05, 4.69) is 26.3 Å². The molecule has 3 aromatic heterocycles. The van der Waals surface area contributed by atoms with Crippen LogP contribution in [0.5, 0.6) is 0 Å². The molecule has 0 atom stereocenters. The average Bonchev–Trinajstić information content (AvgIpc) is 3.46. The Labute approximate surface area is 262 Å². The number of nitrogens with one attached hydrogen (secondary N) is 2. The lowest BCUT2D eigenvalue weighted by Crippen LogP contribution is -2.46. The Morgan fingerprint density at radius 3 is 2.44 bits per heavy atom. The number of carbonyl (C=O) groups is 1. The van der Waals surface area contributed by atoms with Crippen molar-refractivity contribution in [3.05, 3.63) is 83.9 Å². The molecule has 1 saturated heterocycles. The number of allylic oxidation sites excluding steroid dienone is 1. The van der Waals surface area contributed by atoms with Gasteiger partial charge in [-0.1, -0.05) is 12.1 Å². The third-order valence-corrected chi connectivity index (χ3v) is 8.87. The lowest BCUT2D eigenvalue weighted by atomic mass is 10.0. The fourth-order valence-corrected chi connectivity index (χ4v) is 5.79. The highest BCUT2D eigenvalue weighted by Crippen LogP contribution is 2.31. The highest BCUT2D eigenvalue weighted by atomic mass is 32.2. The van der Waals surface area contributed by atoms with Gasteiger partial charge in [-0.05, 0) is 35.9 Å². The average molecular weight is 626 g/mol. The Bertz CT molecular complexity index is 1880. The molecule has 232 valence electrons.